The van der Waals surface area contributed by atoms with Crippen LogP contribution in [0.5, 0.6) is 5.75 Å². The van der Waals surface area contributed by atoms with Crippen LogP contribution >= 0.6 is 15.9 Å². The minimum atomic E-state index is -4.66. The Kier molecular flexibility index (Phi) is 4.08. The summed E-state index contributed by atoms with van der Waals surface area (Å²) in [4.78, 5) is 3.91. The fourth-order valence-corrected chi connectivity index (χ4v) is 1.78. The van der Waals surface area contributed by atoms with Gasteiger partial charge in [-0.2, -0.15) is 0 Å². The van der Waals surface area contributed by atoms with Gasteiger partial charge in [-0.1, -0.05) is 12.1 Å². The van der Waals surface area contributed by atoms with E-state index in [-0.39, 0.29) is 5.75 Å². The molecule has 0 bridgehead atoms. The lowest BCUT2D eigenvalue weighted by atomic mass is 10.1. The van der Waals surface area contributed by atoms with Crippen LogP contribution < -0.4 is 4.74 Å². The largest absolute Gasteiger partial charge is 0.573 e. The molecule has 0 aliphatic carbocycles. The van der Waals surface area contributed by atoms with Gasteiger partial charge < -0.3 is 4.74 Å². The third kappa shape index (κ3) is 4.55. The second kappa shape index (κ2) is 5.60. The number of alkyl halides is 3. The molecule has 102 valence electrons. The average Bonchev–Trinajstić information content (AvgIpc) is 2.72. The molecule has 0 spiro atoms. The molecule has 1 aromatic carbocycles. The van der Waals surface area contributed by atoms with Gasteiger partial charge in [0, 0.05) is 6.54 Å². The summed E-state index contributed by atoms with van der Waals surface area (Å²) in [5.74, 6) is -0.222. The monoisotopic (exact) mass is 335 g/mol. The molecule has 8 heteroatoms. The van der Waals surface area contributed by atoms with E-state index in [0.29, 0.717) is 17.7 Å². The van der Waals surface area contributed by atoms with Crippen molar-refractivity contribution in [3.63, 3.8) is 0 Å². The molecule has 0 saturated carbocycles. The van der Waals surface area contributed by atoms with E-state index >= 15 is 0 Å². The lowest BCUT2D eigenvalue weighted by Gasteiger charge is -2.09. The van der Waals surface area contributed by atoms with Crippen molar-refractivity contribution < 1.29 is 17.9 Å². The predicted molar refractivity (Wildman–Crippen MR) is 64.6 cm³/mol. The molecule has 2 aromatic rings. The number of aryl methyl sites for hydroxylation is 2. The van der Waals surface area contributed by atoms with E-state index in [0.717, 1.165) is 5.56 Å². The van der Waals surface area contributed by atoms with Crippen LogP contribution in [-0.2, 0) is 13.0 Å². The quantitative estimate of drug-likeness (QED) is 0.861. The van der Waals surface area contributed by atoms with Crippen LogP contribution in [0.2, 0.25) is 0 Å². The maximum atomic E-state index is 12.0. The second-order valence-electron chi connectivity index (χ2n) is 3.72. The fourth-order valence-electron chi connectivity index (χ4n) is 1.48. The minimum absolute atomic E-state index is 0.222. The highest BCUT2D eigenvalue weighted by atomic mass is 79.9. The Labute approximate surface area is 115 Å². The molecule has 0 fully saturated rings. The molecule has 0 aliphatic heterocycles. The van der Waals surface area contributed by atoms with E-state index in [1.54, 1.807) is 23.1 Å². The first kappa shape index (κ1) is 13.9. The first-order valence-electron chi connectivity index (χ1n) is 5.32. The van der Waals surface area contributed by atoms with Gasteiger partial charge in [0.05, 0.1) is 0 Å². The van der Waals surface area contributed by atoms with Crippen molar-refractivity contribution in [1.29, 1.82) is 0 Å². The lowest BCUT2D eigenvalue weighted by Crippen LogP contribution is -2.17. The normalized spacial score (nSPS) is 11.6. The van der Waals surface area contributed by atoms with Crippen molar-refractivity contribution in [3.8, 4) is 5.75 Å². The van der Waals surface area contributed by atoms with Crippen molar-refractivity contribution in [2.24, 2.45) is 0 Å². The van der Waals surface area contributed by atoms with Gasteiger partial charge in [-0.15, -0.1) is 18.3 Å². The number of hydrogen-bond acceptors (Lipinski definition) is 3. The highest BCUT2D eigenvalue weighted by Crippen LogP contribution is 2.22. The summed E-state index contributed by atoms with van der Waals surface area (Å²) >= 11 is 3.13. The molecule has 1 heterocycles. The Morgan fingerprint density at radius 3 is 2.42 bits per heavy atom. The Morgan fingerprint density at radius 2 is 1.89 bits per heavy atom. The zero-order valence-corrected chi connectivity index (χ0v) is 11.1. The van der Waals surface area contributed by atoms with Crippen LogP contribution in [-0.4, -0.2) is 21.1 Å². The fraction of sp³-hybridized carbons (Fsp3) is 0.273. The van der Waals surface area contributed by atoms with E-state index in [1.807, 2.05) is 0 Å². The molecule has 19 heavy (non-hydrogen) atoms. The molecule has 0 atom stereocenters. The van der Waals surface area contributed by atoms with Crippen molar-refractivity contribution in [2.45, 2.75) is 19.3 Å². The molecular formula is C11H9BrF3N3O. The summed E-state index contributed by atoms with van der Waals surface area (Å²) in [5.41, 5.74) is 0.890. The molecule has 0 N–H and O–H groups in total. The smallest absolute Gasteiger partial charge is 0.406 e. The van der Waals surface area contributed by atoms with Gasteiger partial charge in [0.25, 0.3) is 0 Å². The number of ether oxygens (including phenoxy) is 1. The molecular weight excluding hydrogens is 327 g/mol. The number of aromatic nitrogens is 3. The van der Waals surface area contributed by atoms with Gasteiger partial charge in [-0.3, -0.25) is 4.68 Å². The molecule has 0 saturated heterocycles. The van der Waals surface area contributed by atoms with Crippen molar-refractivity contribution >= 4 is 15.9 Å². The van der Waals surface area contributed by atoms with Gasteiger partial charge in [-0.25, -0.2) is 4.98 Å². The van der Waals surface area contributed by atoms with E-state index in [4.69, 9.17) is 0 Å². The molecule has 0 amide bonds. The van der Waals surface area contributed by atoms with Gasteiger partial charge in [0.1, 0.15) is 12.1 Å². The van der Waals surface area contributed by atoms with Crippen molar-refractivity contribution in [3.05, 3.63) is 40.9 Å². The van der Waals surface area contributed by atoms with Gasteiger partial charge in [0.2, 0.25) is 4.73 Å². The summed E-state index contributed by atoms with van der Waals surface area (Å²) in [6.45, 7) is 0.595. The molecule has 0 aliphatic rings. The summed E-state index contributed by atoms with van der Waals surface area (Å²) in [6, 6.07) is 5.76. The molecule has 0 radical (unpaired) electrons. The predicted octanol–water partition coefficient (Wildman–Crippen LogP) is 3.18. The van der Waals surface area contributed by atoms with Crippen LogP contribution in [0.4, 0.5) is 13.2 Å². The number of hydrogen-bond donors (Lipinski definition) is 0. The van der Waals surface area contributed by atoms with Crippen LogP contribution in [0, 0.1) is 0 Å². The number of nitrogens with zero attached hydrogens (tertiary/aromatic N) is 3. The standard InChI is InChI=1S/C11H9BrF3N3O/c12-10-16-7-18(17-10)6-5-8-1-3-9(4-2-8)19-11(13,14)15/h1-4,7H,5-6H2. The van der Waals surface area contributed by atoms with E-state index in [2.05, 4.69) is 30.7 Å². The lowest BCUT2D eigenvalue weighted by molar-refractivity contribution is -0.274. The first-order valence-corrected chi connectivity index (χ1v) is 6.11. The van der Waals surface area contributed by atoms with Crippen molar-refractivity contribution in [2.75, 3.05) is 0 Å². The van der Waals surface area contributed by atoms with Crippen molar-refractivity contribution in [1.82, 2.24) is 14.8 Å². The Morgan fingerprint density at radius 1 is 1.21 bits per heavy atom. The zero-order chi connectivity index (χ0) is 13.9. The molecule has 4 nitrogen and oxygen atoms in total. The number of benzene rings is 1. The highest BCUT2D eigenvalue weighted by molar-refractivity contribution is 9.10. The summed E-state index contributed by atoms with van der Waals surface area (Å²) < 4.78 is 41.8. The maximum absolute atomic E-state index is 12.0. The van der Waals surface area contributed by atoms with Crippen LogP contribution in [0.3, 0.4) is 0 Å². The van der Waals surface area contributed by atoms with Crippen LogP contribution in [0.1, 0.15) is 5.56 Å². The second-order valence-corrected chi connectivity index (χ2v) is 4.43. The first-order chi connectivity index (χ1) is 8.92. The number of halogens is 4. The average molecular weight is 336 g/mol. The molecule has 1 aromatic heterocycles. The van der Waals surface area contributed by atoms with Gasteiger partial charge in [0.15, 0.2) is 0 Å². The number of rotatable bonds is 4. The Hall–Kier alpha value is -1.57. The Balaban J connectivity index is 1.91. The summed E-state index contributed by atoms with van der Waals surface area (Å²) in [7, 11) is 0. The topological polar surface area (TPSA) is 39.9 Å². The van der Waals surface area contributed by atoms with Gasteiger partial charge in [-0.05, 0) is 40.0 Å². The zero-order valence-electron chi connectivity index (χ0n) is 9.56. The van der Waals surface area contributed by atoms with Gasteiger partial charge >= 0.3 is 6.36 Å². The Bertz CT molecular complexity index is 539. The summed E-state index contributed by atoms with van der Waals surface area (Å²) in [6.07, 6.45) is -2.44. The molecule has 0 unspecified atom stereocenters. The van der Waals surface area contributed by atoms with Crippen LogP contribution in [0.15, 0.2) is 35.3 Å². The SMILES string of the molecule is FC(F)(F)Oc1ccc(CCn2cnc(Br)n2)cc1. The van der Waals surface area contributed by atoms with E-state index in [9.17, 15) is 13.2 Å². The maximum Gasteiger partial charge on any atom is 0.573 e. The van der Waals surface area contributed by atoms with E-state index < -0.39 is 6.36 Å². The third-order valence-electron chi connectivity index (χ3n) is 2.30. The highest BCUT2D eigenvalue weighted by Gasteiger charge is 2.30. The van der Waals surface area contributed by atoms with E-state index in [1.165, 1.54) is 12.1 Å². The van der Waals surface area contributed by atoms with Crippen LogP contribution in [0.25, 0.3) is 0 Å². The minimum Gasteiger partial charge on any atom is -0.406 e. The summed E-state index contributed by atoms with van der Waals surface area (Å²) in [5, 5.41) is 4.04. The third-order valence-corrected chi connectivity index (χ3v) is 2.66. The molecule has 2 rings (SSSR count).